The summed E-state index contributed by atoms with van der Waals surface area (Å²) in [6.07, 6.45) is 3.19. The lowest BCUT2D eigenvalue weighted by molar-refractivity contribution is 0.0356. The standard InChI is InChI=1S/C12H25NO2S/c1-2-3-5-15-9-12(14)8-13-7-11-4-6-16-10-11/h11-14H,2-10H2,1H3. The van der Waals surface area contributed by atoms with Crippen LogP contribution in [0.25, 0.3) is 0 Å². The highest BCUT2D eigenvalue weighted by Gasteiger charge is 2.15. The number of ether oxygens (including phenoxy) is 1. The third kappa shape index (κ3) is 6.74. The van der Waals surface area contributed by atoms with Crippen LogP contribution in [0.5, 0.6) is 0 Å². The second kappa shape index (κ2) is 9.28. The second-order valence-corrected chi connectivity index (χ2v) is 5.62. The van der Waals surface area contributed by atoms with Gasteiger partial charge in [-0.2, -0.15) is 11.8 Å². The Labute approximate surface area is 103 Å². The number of aliphatic hydroxyl groups is 1. The number of hydrogen-bond acceptors (Lipinski definition) is 4. The molecule has 1 aliphatic heterocycles. The Morgan fingerprint density at radius 1 is 1.56 bits per heavy atom. The van der Waals surface area contributed by atoms with Crippen molar-refractivity contribution >= 4 is 11.8 Å². The van der Waals surface area contributed by atoms with E-state index in [2.05, 4.69) is 12.2 Å². The second-order valence-electron chi connectivity index (χ2n) is 4.47. The van der Waals surface area contributed by atoms with E-state index in [0.717, 1.165) is 31.9 Å². The first kappa shape index (κ1) is 14.3. The minimum atomic E-state index is -0.356. The summed E-state index contributed by atoms with van der Waals surface area (Å²) in [6.45, 7) is 5.08. The summed E-state index contributed by atoms with van der Waals surface area (Å²) in [7, 11) is 0. The molecule has 96 valence electrons. The van der Waals surface area contributed by atoms with Crippen LogP contribution >= 0.6 is 11.8 Å². The van der Waals surface area contributed by atoms with Gasteiger partial charge in [0.15, 0.2) is 0 Å². The zero-order valence-corrected chi connectivity index (χ0v) is 11.1. The first-order valence-electron chi connectivity index (χ1n) is 6.37. The van der Waals surface area contributed by atoms with Gasteiger partial charge in [0.1, 0.15) is 0 Å². The lowest BCUT2D eigenvalue weighted by atomic mass is 10.1. The Hall–Kier alpha value is 0.230. The van der Waals surface area contributed by atoms with E-state index in [0.29, 0.717) is 13.2 Å². The highest BCUT2D eigenvalue weighted by molar-refractivity contribution is 7.99. The molecule has 2 unspecified atom stereocenters. The third-order valence-electron chi connectivity index (χ3n) is 2.79. The van der Waals surface area contributed by atoms with Crippen LogP contribution in [-0.2, 0) is 4.74 Å². The molecule has 1 saturated heterocycles. The number of thioether (sulfide) groups is 1. The van der Waals surface area contributed by atoms with Crippen LogP contribution in [0.1, 0.15) is 26.2 Å². The molecule has 3 nitrogen and oxygen atoms in total. The van der Waals surface area contributed by atoms with E-state index in [1.165, 1.54) is 17.9 Å². The van der Waals surface area contributed by atoms with Gasteiger partial charge in [-0.25, -0.2) is 0 Å². The molecule has 0 aliphatic carbocycles. The van der Waals surface area contributed by atoms with E-state index >= 15 is 0 Å². The quantitative estimate of drug-likeness (QED) is 0.606. The van der Waals surface area contributed by atoms with Crippen molar-refractivity contribution in [3.05, 3.63) is 0 Å². The average Bonchev–Trinajstić information content (AvgIpc) is 2.77. The molecular weight excluding hydrogens is 222 g/mol. The average molecular weight is 247 g/mol. The molecule has 0 amide bonds. The Balaban J connectivity index is 1.87. The van der Waals surface area contributed by atoms with Crippen molar-refractivity contribution in [3.8, 4) is 0 Å². The zero-order chi connectivity index (χ0) is 11.6. The molecule has 0 aromatic rings. The Kier molecular flexibility index (Phi) is 8.29. The molecule has 0 saturated carbocycles. The van der Waals surface area contributed by atoms with E-state index in [1.807, 2.05) is 11.8 Å². The van der Waals surface area contributed by atoms with Crippen molar-refractivity contribution in [1.82, 2.24) is 5.32 Å². The number of nitrogens with one attached hydrogen (secondary N) is 1. The summed E-state index contributed by atoms with van der Waals surface area (Å²) in [5, 5.41) is 13.0. The van der Waals surface area contributed by atoms with Gasteiger partial charge >= 0.3 is 0 Å². The maximum Gasteiger partial charge on any atom is 0.0897 e. The number of rotatable bonds is 9. The maximum atomic E-state index is 9.63. The first-order valence-corrected chi connectivity index (χ1v) is 7.52. The van der Waals surface area contributed by atoms with Crippen LogP contribution in [0.15, 0.2) is 0 Å². The fourth-order valence-electron chi connectivity index (χ4n) is 1.72. The molecule has 1 rings (SSSR count). The topological polar surface area (TPSA) is 41.5 Å². The van der Waals surface area contributed by atoms with Gasteiger partial charge in [0.25, 0.3) is 0 Å². The van der Waals surface area contributed by atoms with Gasteiger partial charge in [-0.1, -0.05) is 13.3 Å². The van der Waals surface area contributed by atoms with Crippen LogP contribution in [0.3, 0.4) is 0 Å². The monoisotopic (exact) mass is 247 g/mol. The smallest absolute Gasteiger partial charge is 0.0897 e. The van der Waals surface area contributed by atoms with Gasteiger partial charge in [0, 0.05) is 13.2 Å². The van der Waals surface area contributed by atoms with Gasteiger partial charge < -0.3 is 15.2 Å². The summed E-state index contributed by atoms with van der Waals surface area (Å²) in [5.41, 5.74) is 0. The summed E-state index contributed by atoms with van der Waals surface area (Å²) >= 11 is 2.03. The van der Waals surface area contributed by atoms with E-state index in [9.17, 15) is 5.11 Å². The molecule has 0 radical (unpaired) electrons. The van der Waals surface area contributed by atoms with Gasteiger partial charge in [-0.05, 0) is 36.8 Å². The molecule has 0 aromatic heterocycles. The van der Waals surface area contributed by atoms with Gasteiger partial charge in [-0.15, -0.1) is 0 Å². The predicted molar refractivity (Wildman–Crippen MR) is 70.0 cm³/mol. The zero-order valence-electron chi connectivity index (χ0n) is 10.3. The molecule has 16 heavy (non-hydrogen) atoms. The number of hydrogen-bond donors (Lipinski definition) is 2. The number of unbranched alkanes of at least 4 members (excludes halogenated alkanes) is 1. The molecule has 1 heterocycles. The molecule has 1 fully saturated rings. The molecule has 2 atom stereocenters. The molecule has 4 heteroatoms. The summed E-state index contributed by atoms with van der Waals surface area (Å²) in [5.74, 6) is 3.38. The Morgan fingerprint density at radius 3 is 3.12 bits per heavy atom. The summed E-state index contributed by atoms with van der Waals surface area (Å²) in [4.78, 5) is 0. The summed E-state index contributed by atoms with van der Waals surface area (Å²) in [6, 6.07) is 0. The van der Waals surface area contributed by atoms with Crippen LogP contribution < -0.4 is 5.32 Å². The molecular formula is C12H25NO2S. The van der Waals surface area contributed by atoms with Crippen LogP contribution in [0.4, 0.5) is 0 Å². The van der Waals surface area contributed by atoms with Crippen LogP contribution in [-0.4, -0.2) is 49.0 Å². The molecule has 0 aromatic carbocycles. The van der Waals surface area contributed by atoms with Gasteiger partial charge in [0.2, 0.25) is 0 Å². The lowest BCUT2D eigenvalue weighted by Crippen LogP contribution is -2.33. The van der Waals surface area contributed by atoms with Crippen LogP contribution in [0, 0.1) is 5.92 Å². The van der Waals surface area contributed by atoms with Crippen molar-refractivity contribution in [2.24, 2.45) is 5.92 Å². The van der Waals surface area contributed by atoms with Crippen molar-refractivity contribution < 1.29 is 9.84 Å². The van der Waals surface area contributed by atoms with E-state index in [-0.39, 0.29) is 6.10 Å². The number of aliphatic hydroxyl groups excluding tert-OH is 1. The fourth-order valence-corrected chi connectivity index (χ4v) is 3.01. The van der Waals surface area contributed by atoms with Gasteiger partial charge in [0.05, 0.1) is 12.7 Å². The highest BCUT2D eigenvalue weighted by Crippen LogP contribution is 2.22. The van der Waals surface area contributed by atoms with Crippen molar-refractivity contribution in [3.63, 3.8) is 0 Å². The molecule has 0 bridgehead atoms. The Bertz CT molecular complexity index is 163. The fraction of sp³-hybridized carbons (Fsp3) is 1.00. The SMILES string of the molecule is CCCCOCC(O)CNCC1CCSC1. The van der Waals surface area contributed by atoms with E-state index < -0.39 is 0 Å². The van der Waals surface area contributed by atoms with Crippen molar-refractivity contribution in [2.45, 2.75) is 32.3 Å². The minimum Gasteiger partial charge on any atom is -0.389 e. The largest absolute Gasteiger partial charge is 0.389 e. The van der Waals surface area contributed by atoms with E-state index in [1.54, 1.807) is 0 Å². The molecule has 2 N–H and O–H groups in total. The maximum absolute atomic E-state index is 9.63. The van der Waals surface area contributed by atoms with Crippen molar-refractivity contribution in [1.29, 1.82) is 0 Å². The normalized spacial score (nSPS) is 22.5. The summed E-state index contributed by atoms with van der Waals surface area (Å²) < 4.78 is 5.36. The Morgan fingerprint density at radius 2 is 2.44 bits per heavy atom. The highest BCUT2D eigenvalue weighted by atomic mass is 32.2. The van der Waals surface area contributed by atoms with Crippen LogP contribution in [0.2, 0.25) is 0 Å². The first-order chi connectivity index (χ1) is 7.83. The molecule has 0 spiro atoms. The van der Waals surface area contributed by atoms with Crippen molar-refractivity contribution in [2.75, 3.05) is 37.8 Å². The molecule has 1 aliphatic rings. The van der Waals surface area contributed by atoms with Gasteiger partial charge in [-0.3, -0.25) is 0 Å². The minimum absolute atomic E-state index is 0.356. The lowest BCUT2D eigenvalue weighted by Gasteiger charge is -2.14. The third-order valence-corrected chi connectivity index (χ3v) is 4.02. The van der Waals surface area contributed by atoms with E-state index in [4.69, 9.17) is 4.74 Å². The predicted octanol–water partition coefficient (Wildman–Crippen LogP) is 1.51.